The minimum atomic E-state index is -2.91. The molecule has 1 atom stereocenters. The molecular formula is C19H18F3NO4. The molecule has 0 bridgehead atoms. The van der Waals surface area contributed by atoms with Crippen LogP contribution in [0.4, 0.5) is 13.2 Å². The summed E-state index contributed by atoms with van der Waals surface area (Å²) >= 11 is 0. The maximum absolute atomic E-state index is 13.3. The molecule has 0 saturated heterocycles. The van der Waals surface area contributed by atoms with E-state index in [0.717, 1.165) is 6.07 Å². The van der Waals surface area contributed by atoms with Gasteiger partial charge in [-0.2, -0.15) is 8.78 Å². The summed E-state index contributed by atoms with van der Waals surface area (Å²) in [7, 11) is 0. The van der Waals surface area contributed by atoms with E-state index in [1.54, 1.807) is 12.1 Å². The highest BCUT2D eigenvalue weighted by atomic mass is 19.3. The Morgan fingerprint density at radius 1 is 1.15 bits per heavy atom. The minimum absolute atomic E-state index is 0.000984. The number of hydrogen-bond acceptors (Lipinski definition) is 3. The molecule has 2 aromatic rings. The number of alkyl halides is 2. The normalized spacial score (nSPS) is 11.9. The Morgan fingerprint density at radius 2 is 1.81 bits per heavy atom. The van der Waals surface area contributed by atoms with Crippen LogP contribution in [0.25, 0.3) is 0 Å². The molecule has 0 aromatic heterocycles. The molecule has 8 heteroatoms. The summed E-state index contributed by atoms with van der Waals surface area (Å²) in [5.41, 5.74) is 1.25. The molecule has 0 spiro atoms. The van der Waals surface area contributed by atoms with Crippen molar-refractivity contribution in [3.8, 4) is 5.75 Å². The molecule has 1 unspecified atom stereocenters. The highest BCUT2D eigenvalue weighted by Crippen LogP contribution is 2.18. The average Bonchev–Trinajstić information content (AvgIpc) is 2.61. The number of aliphatic carboxylic acids is 1. The third kappa shape index (κ3) is 6.02. The number of nitrogens with one attached hydrogen (secondary N) is 1. The minimum Gasteiger partial charge on any atom is -0.479 e. The number of halogens is 3. The Hall–Kier alpha value is -3.03. The predicted octanol–water partition coefficient (Wildman–Crippen LogP) is 3.61. The molecule has 1 amide bonds. The van der Waals surface area contributed by atoms with Gasteiger partial charge in [0.15, 0.2) is 6.04 Å². The number of carbonyl (C=O) groups is 2. The highest BCUT2D eigenvalue weighted by molar-refractivity contribution is 5.84. The van der Waals surface area contributed by atoms with Gasteiger partial charge in [0.1, 0.15) is 11.6 Å². The van der Waals surface area contributed by atoms with E-state index >= 15 is 0 Å². The van der Waals surface area contributed by atoms with Crippen molar-refractivity contribution in [2.45, 2.75) is 32.4 Å². The molecule has 0 saturated carbocycles. The number of aryl methyl sites for hydroxylation is 2. The van der Waals surface area contributed by atoms with E-state index in [0.29, 0.717) is 5.56 Å². The van der Waals surface area contributed by atoms with E-state index in [-0.39, 0.29) is 29.7 Å². The van der Waals surface area contributed by atoms with Crippen LogP contribution in [0.3, 0.4) is 0 Å². The summed E-state index contributed by atoms with van der Waals surface area (Å²) in [6.07, 6.45) is 0.286. The zero-order valence-electron chi connectivity index (χ0n) is 14.4. The second-order valence-electron chi connectivity index (χ2n) is 5.87. The average molecular weight is 381 g/mol. The predicted molar refractivity (Wildman–Crippen MR) is 91.1 cm³/mol. The van der Waals surface area contributed by atoms with Crippen LogP contribution in [0.2, 0.25) is 0 Å². The Balaban J connectivity index is 1.96. The standard InChI is InChI=1S/C19H18F3NO4/c1-11-10-13(5-8-15(11)20)17(18(25)26)23-16(24)9-4-12-2-6-14(7-3-12)27-19(21)22/h2-3,5-8,10,17,19H,4,9H2,1H3,(H,23,24)(H,25,26). The molecule has 0 aliphatic carbocycles. The van der Waals surface area contributed by atoms with Gasteiger partial charge in [0, 0.05) is 6.42 Å². The molecule has 5 nitrogen and oxygen atoms in total. The third-order valence-corrected chi connectivity index (χ3v) is 3.86. The SMILES string of the molecule is Cc1cc(C(NC(=O)CCc2ccc(OC(F)F)cc2)C(=O)O)ccc1F. The third-order valence-electron chi connectivity index (χ3n) is 3.86. The number of rotatable bonds is 8. The van der Waals surface area contributed by atoms with Gasteiger partial charge in [0.25, 0.3) is 0 Å². The van der Waals surface area contributed by atoms with Crippen LogP contribution < -0.4 is 10.1 Å². The van der Waals surface area contributed by atoms with Crippen molar-refractivity contribution < 1.29 is 32.6 Å². The Labute approximate surface area is 153 Å². The molecule has 27 heavy (non-hydrogen) atoms. The van der Waals surface area contributed by atoms with E-state index in [4.69, 9.17) is 0 Å². The van der Waals surface area contributed by atoms with Gasteiger partial charge in [-0.1, -0.05) is 24.3 Å². The first kappa shape index (κ1) is 20.3. The van der Waals surface area contributed by atoms with Gasteiger partial charge in [-0.25, -0.2) is 9.18 Å². The van der Waals surface area contributed by atoms with Crippen molar-refractivity contribution in [2.75, 3.05) is 0 Å². The molecule has 0 radical (unpaired) electrons. The maximum Gasteiger partial charge on any atom is 0.387 e. The Kier molecular flexibility index (Phi) is 6.81. The van der Waals surface area contributed by atoms with Crippen molar-refractivity contribution in [3.05, 3.63) is 65.0 Å². The number of carboxylic acid groups (broad SMARTS) is 1. The van der Waals surface area contributed by atoms with Crippen LogP contribution in [-0.2, 0) is 16.0 Å². The quantitative estimate of drug-likeness (QED) is 0.733. The summed E-state index contributed by atoms with van der Waals surface area (Å²) < 4.78 is 41.8. The first-order valence-corrected chi connectivity index (χ1v) is 8.08. The molecule has 2 rings (SSSR count). The molecule has 2 N–H and O–H groups in total. The van der Waals surface area contributed by atoms with Gasteiger partial charge in [0.2, 0.25) is 5.91 Å². The number of carbonyl (C=O) groups excluding carboxylic acids is 1. The number of amides is 1. The monoisotopic (exact) mass is 381 g/mol. The molecule has 0 fully saturated rings. The van der Waals surface area contributed by atoms with Crippen molar-refractivity contribution >= 4 is 11.9 Å². The number of hydrogen-bond donors (Lipinski definition) is 2. The lowest BCUT2D eigenvalue weighted by Crippen LogP contribution is -2.34. The topological polar surface area (TPSA) is 75.6 Å². The van der Waals surface area contributed by atoms with Gasteiger partial charge in [-0.05, 0) is 48.2 Å². The first-order chi connectivity index (χ1) is 12.8. The van der Waals surface area contributed by atoms with Crippen molar-refractivity contribution in [2.24, 2.45) is 0 Å². The summed E-state index contributed by atoms with van der Waals surface area (Å²) in [6.45, 7) is -1.41. The molecule has 144 valence electrons. The Morgan fingerprint density at radius 3 is 2.37 bits per heavy atom. The van der Waals surface area contributed by atoms with Crippen LogP contribution in [0.5, 0.6) is 5.75 Å². The Bertz CT molecular complexity index is 809. The van der Waals surface area contributed by atoms with E-state index in [9.17, 15) is 27.9 Å². The zero-order chi connectivity index (χ0) is 20.0. The second kappa shape index (κ2) is 9.07. The zero-order valence-corrected chi connectivity index (χ0v) is 14.4. The summed E-state index contributed by atoms with van der Waals surface area (Å²) in [5, 5.41) is 11.7. The summed E-state index contributed by atoms with van der Waals surface area (Å²) in [5.74, 6) is -2.22. The number of benzene rings is 2. The van der Waals surface area contributed by atoms with Crippen LogP contribution in [0.15, 0.2) is 42.5 Å². The van der Waals surface area contributed by atoms with Gasteiger partial charge >= 0.3 is 12.6 Å². The maximum atomic E-state index is 13.3. The van der Waals surface area contributed by atoms with Crippen LogP contribution in [0.1, 0.15) is 29.2 Å². The smallest absolute Gasteiger partial charge is 0.387 e. The van der Waals surface area contributed by atoms with E-state index in [1.807, 2.05) is 0 Å². The molecule has 0 aliphatic heterocycles. The number of carboxylic acids is 1. The van der Waals surface area contributed by atoms with Crippen molar-refractivity contribution in [3.63, 3.8) is 0 Å². The fourth-order valence-corrected chi connectivity index (χ4v) is 2.46. The van der Waals surface area contributed by atoms with Gasteiger partial charge < -0.3 is 15.2 Å². The van der Waals surface area contributed by atoms with Crippen LogP contribution >= 0.6 is 0 Å². The number of ether oxygens (including phenoxy) is 1. The lowest BCUT2D eigenvalue weighted by atomic mass is 10.0. The fraction of sp³-hybridized carbons (Fsp3) is 0.263. The first-order valence-electron chi connectivity index (χ1n) is 8.08. The van der Waals surface area contributed by atoms with Gasteiger partial charge in [0.05, 0.1) is 0 Å². The summed E-state index contributed by atoms with van der Waals surface area (Å²) in [4.78, 5) is 23.5. The van der Waals surface area contributed by atoms with Crippen molar-refractivity contribution in [1.29, 1.82) is 0 Å². The molecule has 2 aromatic carbocycles. The largest absolute Gasteiger partial charge is 0.479 e. The van der Waals surface area contributed by atoms with Crippen LogP contribution in [-0.4, -0.2) is 23.6 Å². The highest BCUT2D eigenvalue weighted by Gasteiger charge is 2.22. The van der Waals surface area contributed by atoms with Crippen molar-refractivity contribution in [1.82, 2.24) is 5.32 Å². The molecule has 0 aliphatic rings. The summed E-state index contributed by atoms with van der Waals surface area (Å²) in [6, 6.07) is 8.35. The van der Waals surface area contributed by atoms with Gasteiger partial charge in [-0.3, -0.25) is 4.79 Å². The molecular weight excluding hydrogens is 363 g/mol. The molecule has 0 heterocycles. The van der Waals surface area contributed by atoms with Crippen LogP contribution in [0, 0.1) is 12.7 Å². The lowest BCUT2D eigenvalue weighted by molar-refractivity contribution is -0.142. The second-order valence-corrected chi connectivity index (χ2v) is 5.87. The van der Waals surface area contributed by atoms with Gasteiger partial charge in [-0.15, -0.1) is 0 Å². The van der Waals surface area contributed by atoms with E-state index in [1.165, 1.54) is 31.2 Å². The van der Waals surface area contributed by atoms with E-state index < -0.39 is 30.3 Å². The van der Waals surface area contributed by atoms with E-state index in [2.05, 4.69) is 10.1 Å². The lowest BCUT2D eigenvalue weighted by Gasteiger charge is -2.16. The fourth-order valence-electron chi connectivity index (χ4n) is 2.46.